The number of ketones is 1. The Balaban J connectivity index is 1.60. The molecular formula is C30H27FN2O3. The van der Waals surface area contributed by atoms with Gasteiger partial charge in [0.05, 0.1) is 18.7 Å². The van der Waals surface area contributed by atoms with Crippen LogP contribution in [0.3, 0.4) is 0 Å². The summed E-state index contributed by atoms with van der Waals surface area (Å²) in [5.74, 6) is -1.03. The van der Waals surface area contributed by atoms with Crippen molar-refractivity contribution >= 4 is 17.4 Å². The number of carbonyl (C=O) groups excluding carboxylic acids is 2. The first-order chi connectivity index (χ1) is 17.5. The van der Waals surface area contributed by atoms with Crippen molar-refractivity contribution in [2.24, 2.45) is 0 Å². The van der Waals surface area contributed by atoms with E-state index in [9.17, 15) is 14.0 Å². The predicted octanol–water partition coefficient (Wildman–Crippen LogP) is 5.83. The van der Waals surface area contributed by atoms with E-state index in [2.05, 4.69) is 10.6 Å². The van der Waals surface area contributed by atoms with E-state index < -0.39 is 17.6 Å². The molecule has 182 valence electrons. The second-order valence-corrected chi connectivity index (χ2v) is 9.10. The third-order valence-electron chi connectivity index (χ3n) is 6.92. The number of Topliss-reactive ketones (excluding diaryl/α,β-unsaturated/α-hetero) is 1. The van der Waals surface area contributed by atoms with E-state index in [-0.39, 0.29) is 17.4 Å². The van der Waals surface area contributed by atoms with Gasteiger partial charge < -0.3 is 15.4 Å². The zero-order chi connectivity index (χ0) is 25.2. The van der Waals surface area contributed by atoms with Gasteiger partial charge in [-0.3, -0.25) is 9.59 Å². The fraction of sp³-hybridized carbons (Fsp3) is 0.200. The molecule has 36 heavy (non-hydrogen) atoms. The van der Waals surface area contributed by atoms with Crippen molar-refractivity contribution < 1.29 is 18.7 Å². The van der Waals surface area contributed by atoms with E-state index in [1.54, 1.807) is 19.2 Å². The van der Waals surface area contributed by atoms with Gasteiger partial charge in [0, 0.05) is 34.5 Å². The quantitative estimate of drug-likeness (QED) is 0.480. The maximum absolute atomic E-state index is 14.4. The first kappa shape index (κ1) is 23.5. The third-order valence-corrected chi connectivity index (χ3v) is 6.92. The first-order valence-electron chi connectivity index (χ1n) is 12.0. The molecule has 3 aromatic carbocycles. The summed E-state index contributed by atoms with van der Waals surface area (Å²) in [6.45, 7) is 1.82. The standard InChI is InChI=1S/C30H27FN2O3/c1-18-27(30(35)33-23-14-8-7-13-22(23)31)28(21-12-6-9-15-26(21)36-2)29-24(32-18)16-20(17-25(29)34)19-10-4-3-5-11-19/h3-15,20,28,32H,16-17H2,1-2H3,(H,33,35). The molecule has 5 nitrogen and oxygen atoms in total. The highest BCUT2D eigenvalue weighted by Gasteiger charge is 2.42. The number of allylic oxidation sites excluding steroid dienone is 3. The molecule has 0 bridgehead atoms. The van der Waals surface area contributed by atoms with E-state index in [4.69, 9.17) is 4.74 Å². The lowest BCUT2D eigenvalue weighted by atomic mass is 9.71. The van der Waals surface area contributed by atoms with Crippen molar-refractivity contribution in [2.45, 2.75) is 31.6 Å². The molecule has 1 heterocycles. The topological polar surface area (TPSA) is 67.4 Å². The number of amides is 1. The van der Waals surface area contributed by atoms with E-state index >= 15 is 0 Å². The molecule has 1 aliphatic heterocycles. The molecule has 2 aliphatic rings. The van der Waals surface area contributed by atoms with Gasteiger partial charge in [-0.25, -0.2) is 4.39 Å². The number of ether oxygens (including phenoxy) is 1. The summed E-state index contributed by atoms with van der Waals surface area (Å²) in [6.07, 6.45) is 0.994. The Kier molecular flexibility index (Phi) is 6.42. The van der Waals surface area contributed by atoms with Crippen LogP contribution in [0, 0.1) is 5.82 Å². The van der Waals surface area contributed by atoms with Crippen LogP contribution >= 0.6 is 0 Å². The van der Waals surface area contributed by atoms with Crippen LogP contribution in [0.15, 0.2) is 101 Å². The smallest absolute Gasteiger partial charge is 0.254 e. The Hall–Kier alpha value is -4.19. The minimum absolute atomic E-state index is 0.0165. The number of benzene rings is 3. The fourth-order valence-electron chi connectivity index (χ4n) is 5.27. The number of hydrogen-bond donors (Lipinski definition) is 2. The van der Waals surface area contributed by atoms with Gasteiger partial charge in [-0.05, 0) is 43.0 Å². The first-order valence-corrected chi connectivity index (χ1v) is 12.0. The fourth-order valence-corrected chi connectivity index (χ4v) is 5.27. The number of dihydropyridines is 1. The van der Waals surface area contributed by atoms with Crippen molar-refractivity contribution in [3.63, 3.8) is 0 Å². The zero-order valence-electron chi connectivity index (χ0n) is 20.2. The van der Waals surface area contributed by atoms with Crippen LogP contribution in [0.2, 0.25) is 0 Å². The van der Waals surface area contributed by atoms with E-state index in [1.807, 2.05) is 61.5 Å². The van der Waals surface area contributed by atoms with Crippen molar-refractivity contribution in [3.05, 3.63) is 118 Å². The van der Waals surface area contributed by atoms with Crippen LogP contribution in [0.4, 0.5) is 10.1 Å². The normalized spacial score (nSPS) is 19.5. The Morgan fingerprint density at radius 2 is 1.67 bits per heavy atom. The molecule has 0 saturated carbocycles. The summed E-state index contributed by atoms with van der Waals surface area (Å²) in [5.41, 5.74) is 4.29. The largest absolute Gasteiger partial charge is 0.496 e. The van der Waals surface area contributed by atoms with Crippen LogP contribution in [-0.4, -0.2) is 18.8 Å². The summed E-state index contributed by atoms with van der Waals surface area (Å²) in [6, 6.07) is 23.4. The van der Waals surface area contributed by atoms with Gasteiger partial charge in [-0.15, -0.1) is 0 Å². The molecule has 2 unspecified atom stereocenters. The Morgan fingerprint density at radius 3 is 2.42 bits per heavy atom. The lowest BCUT2D eigenvalue weighted by Crippen LogP contribution is -2.37. The maximum atomic E-state index is 14.4. The van der Waals surface area contributed by atoms with Gasteiger partial charge in [-0.2, -0.15) is 0 Å². The molecule has 5 rings (SSSR count). The van der Waals surface area contributed by atoms with E-state index in [0.717, 1.165) is 16.8 Å². The highest BCUT2D eigenvalue weighted by atomic mass is 19.1. The maximum Gasteiger partial charge on any atom is 0.254 e. The van der Waals surface area contributed by atoms with Gasteiger partial charge in [0.1, 0.15) is 11.6 Å². The SMILES string of the molecule is COc1ccccc1C1C(C(=O)Nc2ccccc2F)=C(C)NC2=C1C(=O)CC(c1ccccc1)C2. The summed E-state index contributed by atoms with van der Waals surface area (Å²) in [4.78, 5) is 27.4. The van der Waals surface area contributed by atoms with Gasteiger partial charge in [0.15, 0.2) is 5.78 Å². The predicted molar refractivity (Wildman–Crippen MR) is 137 cm³/mol. The van der Waals surface area contributed by atoms with Crippen molar-refractivity contribution in [2.75, 3.05) is 12.4 Å². The van der Waals surface area contributed by atoms with Gasteiger partial charge in [0.25, 0.3) is 5.91 Å². The summed E-state index contributed by atoms with van der Waals surface area (Å²) >= 11 is 0. The van der Waals surface area contributed by atoms with Crippen LogP contribution in [0.1, 0.15) is 42.7 Å². The van der Waals surface area contributed by atoms with E-state index in [1.165, 1.54) is 12.1 Å². The lowest BCUT2D eigenvalue weighted by molar-refractivity contribution is -0.116. The van der Waals surface area contributed by atoms with Crippen LogP contribution < -0.4 is 15.4 Å². The van der Waals surface area contributed by atoms with Crippen molar-refractivity contribution in [1.82, 2.24) is 5.32 Å². The minimum atomic E-state index is -0.645. The van der Waals surface area contributed by atoms with Crippen LogP contribution in [0.5, 0.6) is 5.75 Å². The Bertz CT molecular complexity index is 1390. The minimum Gasteiger partial charge on any atom is -0.496 e. The van der Waals surface area contributed by atoms with E-state index in [0.29, 0.717) is 35.4 Å². The second-order valence-electron chi connectivity index (χ2n) is 9.10. The average molecular weight is 483 g/mol. The number of hydrogen-bond acceptors (Lipinski definition) is 4. The molecule has 0 fully saturated rings. The molecular weight excluding hydrogens is 455 g/mol. The number of halogens is 1. The lowest BCUT2D eigenvalue weighted by Gasteiger charge is -2.37. The molecule has 6 heteroatoms. The van der Waals surface area contributed by atoms with Crippen LogP contribution in [-0.2, 0) is 9.59 Å². The molecule has 1 aliphatic carbocycles. The number of anilines is 1. The Morgan fingerprint density at radius 1 is 0.972 bits per heavy atom. The monoisotopic (exact) mass is 482 g/mol. The van der Waals surface area contributed by atoms with Crippen LogP contribution in [0.25, 0.3) is 0 Å². The second kappa shape index (κ2) is 9.82. The van der Waals surface area contributed by atoms with Crippen molar-refractivity contribution in [1.29, 1.82) is 0 Å². The van der Waals surface area contributed by atoms with Crippen molar-refractivity contribution in [3.8, 4) is 5.75 Å². The summed E-state index contributed by atoms with van der Waals surface area (Å²) < 4.78 is 20.0. The number of methoxy groups -OCH3 is 1. The number of para-hydroxylation sites is 2. The summed E-state index contributed by atoms with van der Waals surface area (Å²) in [5, 5.41) is 6.07. The van der Waals surface area contributed by atoms with Gasteiger partial charge in [0.2, 0.25) is 0 Å². The summed E-state index contributed by atoms with van der Waals surface area (Å²) in [7, 11) is 1.57. The number of rotatable bonds is 5. The molecule has 0 radical (unpaired) electrons. The highest BCUT2D eigenvalue weighted by molar-refractivity contribution is 6.10. The molecule has 0 aromatic heterocycles. The zero-order valence-corrected chi connectivity index (χ0v) is 20.2. The highest BCUT2D eigenvalue weighted by Crippen LogP contribution is 2.47. The molecule has 2 N–H and O–H groups in total. The molecule has 3 aromatic rings. The molecule has 0 spiro atoms. The number of carbonyl (C=O) groups is 2. The molecule has 2 atom stereocenters. The van der Waals surface area contributed by atoms with Gasteiger partial charge in [-0.1, -0.05) is 60.7 Å². The number of nitrogens with one attached hydrogen (secondary N) is 2. The molecule has 1 amide bonds. The molecule has 0 saturated heterocycles. The third kappa shape index (κ3) is 4.31. The Labute approximate surface area is 209 Å². The van der Waals surface area contributed by atoms with Gasteiger partial charge >= 0.3 is 0 Å². The average Bonchev–Trinajstić information content (AvgIpc) is 2.89.